The van der Waals surface area contributed by atoms with Gasteiger partial charge in [0.05, 0.1) is 0 Å². The molecule has 1 heterocycles. The third-order valence-electron chi connectivity index (χ3n) is 5.67. The van der Waals surface area contributed by atoms with Crippen LogP contribution in [0.5, 0.6) is 0 Å². The smallest absolute Gasteiger partial charge is 0.0361 e. The summed E-state index contributed by atoms with van der Waals surface area (Å²) in [5, 5.41) is 2.74. The van der Waals surface area contributed by atoms with Crippen molar-refractivity contribution in [2.24, 2.45) is 0 Å². The van der Waals surface area contributed by atoms with Gasteiger partial charge in [-0.25, -0.2) is 0 Å². The highest BCUT2D eigenvalue weighted by Crippen LogP contribution is 2.41. The summed E-state index contributed by atoms with van der Waals surface area (Å²) in [6, 6.07) is 33.2. The first-order chi connectivity index (χ1) is 14.0. The van der Waals surface area contributed by atoms with Crippen LogP contribution in [0, 0.1) is 0 Å². The van der Waals surface area contributed by atoms with E-state index in [-0.39, 0.29) is 5.41 Å². The van der Waals surface area contributed by atoms with Crippen LogP contribution in [0.2, 0.25) is 0 Å². The SMILES string of the molecule is CC(C)(C)c1ccc2c(c1)sc1cccc(-c3ccc(-c4ccccc4)cc3)c12. The van der Waals surface area contributed by atoms with Crippen molar-refractivity contribution >= 4 is 31.5 Å². The van der Waals surface area contributed by atoms with Crippen LogP contribution in [0.3, 0.4) is 0 Å². The predicted molar refractivity (Wildman–Crippen MR) is 129 cm³/mol. The fraction of sp³-hybridized carbons (Fsp3) is 0.143. The maximum atomic E-state index is 2.38. The molecule has 0 spiro atoms. The van der Waals surface area contributed by atoms with E-state index in [9.17, 15) is 0 Å². The topological polar surface area (TPSA) is 0 Å². The molecule has 5 rings (SSSR count). The summed E-state index contributed by atoms with van der Waals surface area (Å²) in [5.41, 5.74) is 6.66. The van der Waals surface area contributed by atoms with Gasteiger partial charge in [0.2, 0.25) is 0 Å². The van der Waals surface area contributed by atoms with E-state index in [0.717, 1.165) is 0 Å². The van der Waals surface area contributed by atoms with E-state index in [1.807, 2.05) is 11.3 Å². The molecule has 1 heteroatoms. The molecule has 0 radical (unpaired) electrons. The lowest BCUT2D eigenvalue weighted by atomic mass is 9.86. The average Bonchev–Trinajstić information content (AvgIpc) is 3.12. The number of hydrogen-bond acceptors (Lipinski definition) is 1. The van der Waals surface area contributed by atoms with Crippen LogP contribution >= 0.6 is 11.3 Å². The van der Waals surface area contributed by atoms with Gasteiger partial charge in [-0.15, -0.1) is 11.3 Å². The van der Waals surface area contributed by atoms with Crippen LogP contribution in [0.15, 0.2) is 91.0 Å². The van der Waals surface area contributed by atoms with Crippen molar-refractivity contribution in [1.29, 1.82) is 0 Å². The molecule has 1 aromatic heterocycles. The molecule has 0 N–H and O–H groups in total. The predicted octanol–water partition coefficient (Wildman–Crippen LogP) is 8.69. The lowest BCUT2D eigenvalue weighted by Gasteiger charge is -2.18. The first kappa shape index (κ1) is 18.1. The van der Waals surface area contributed by atoms with Gasteiger partial charge in [-0.05, 0) is 45.4 Å². The van der Waals surface area contributed by atoms with Gasteiger partial charge in [-0.1, -0.05) is 99.6 Å². The van der Waals surface area contributed by atoms with Crippen molar-refractivity contribution in [3.63, 3.8) is 0 Å². The van der Waals surface area contributed by atoms with E-state index < -0.39 is 0 Å². The molecule has 0 bridgehead atoms. The normalized spacial score (nSPS) is 12.0. The van der Waals surface area contributed by atoms with Gasteiger partial charge in [-0.3, -0.25) is 0 Å². The minimum atomic E-state index is 0.167. The molecule has 0 aliphatic heterocycles. The van der Waals surface area contributed by atoms with Gasteiger partial charge in [0, 0.05) is 20.2 Å². The summed E-state index contributed by atoms with van der Waals surface area (Å²) in [5.74, 6) is 0. The molecule has 0 aliphatic carbocycles. The highest BCUT2D eigenvalue weighted by molar-refractivity contribution is 7.25. The van der Waals surface area contributed by atoms with Gasteiger partial charge in [0.1, 0.15) is 0 Å². The molecule has 0 saturated carbocycles. The van der Waals surface area contributed by atoms with Crippen molar-refractivity contribution in [2.75, 3.05) is 0 Å². The molecule has 0 aliphatic rings. The molecular weight excluding hydrogens is 368 g/mol. The number of benzene rings is 4. The molecule has 0 amide bonds. The molecular formula is C28H24S. The summed E-state index contributed by atoms with van der Waals surface area (Å²) in [4.78, 5) is 0. The number of rotatable bonds is 2. The molecule has 0 saturated heterocycles. The third-order valence-corrected chi connectivity index (χ3v) is 6.78. The lowest BCUT2D eigenvalue weighted by Crippen LogP contribution is -2.10. The van der Waals surface area contributed by atoms with Crippen LogP contribution in [0.25, 0.3) is 42.4 Å². The van der Waals surface area contributed by atoms with E-state index in [4.69, 9.17) is 0 Å². The van der Waals surface area contributed by atoms with Gasteiger partial charge < -0.3 is 0 Å². The summed E-state index contributed by atoms with van der Waals surface area (Å²) in [6.07, 6.45) is 0. The zero-order valence-electron chi connectivity index (χ0n) is 17.1. The van der Waals surface area contributed by atoms with E-state index in [2.05, 4.69) is 112 Å². The quantitative estimate of drug-likeness (QED) is 0.282. The summed E-state index contributed by atoms with van der Waals surface area (Å²) in [7, 11) is 0. The standard InChI is InChI=1S/C28H24S/c1-28(2,3)22-16-17-24-26(18-22)29-25-11-7-10-23(27(24)25)21-14-12-20(13-15-21)19-8-5-4-6-9-19/h4-18H,1-3H3. The van der Waals surface area contributed by atoms with Crippen molar-refractivity contribution in [3.05, 3.63) is 96.6 Å². The minimum absolute atomic E-state index is 0.167. The average molecular weight is 393 g/mol. The minimum Gasteiger partial charge on any atom is -0.135 e. The molecule has 29 heavy (non-hydrogen) atoms. The van der Waals surface area contributed by atoms with E-state index >= 15 is 0 Å². The Labute approximate surface area is 176 Å². The lowest BCUT2D eigenvalue weighted by molar-refractivity contribution is 0.591. The van der Waals surface area contributed by atoms with E-state index in [0.29, 0.717) is 0 Å². The summed E-state index contributed by atoms with van der Waals surface area (Å²) < 4.78 is 2.73. The van der Waals surface area contributed by atoms with E-state index in [1.54, 1.807) is 0 Å². The molecule has 0 nitrogen and oxygen atoms in total. The number of thiophene rings is 1. The fourth-order valence-electron chi connectivity index (χ4n) is 4.01. The molecule has 0 atom stereocenters. The number of hydrogen-bond donors (Lipinski definition) is 0. The zero-order valence-corrected chi connectivity index (χ0v) is 17.9. The first-order valence-corrected chi connectivity index (χ1v) is 10.9. The molecule has 142 valence electrons. The van der Waals surface area contributed by atoms with Gasteiger partial charge >= 0.3 is 0 Å². The Hall–Kier alpha value is -2.90. The second-order valence-corrected chi connectivity index (χ2v) is 9.77. The van der Waals surface area contributed by atoms with Crippen LogP contribution in [-0.2, 0) is 5.41 Å². The molecule has 0 fully saturated rings. The summed E-state index contributed by atoms with van der Waals surface area (Å²) in [6.45, 7) is 6.84. The highest BCUT2D eigenvalue weighted by Gasteiger charge is 2.16. The molecule has 4 aromatic carbocycles. The summed E-state index contributed by atoms with van der Waals surface area (Å²) >= 11 is 1.90. The fourth-order valence-corrected chi connectivity index (χ4v) is 5.18. The van der Waals surface area contributed by atoms with Crippen molar-refractivity contribution < 1.29 is 0 Å². The maximum Gasteiger partial charge on any atom is 0.0361 e. The Kier molecular flexibility index (Phi) is 4.29. The van der Waals surface area contributed by atoms with Gasteiger partial charge in [0.15, 0.2) is 0 Å². The second-order valence-electron chi connectivity index (χ2n) is 8.69. The van der Waals surface area contributed by atoms with Crippen LogP contribution in [-0.4, -0.2) is 0 Å². The second kappa shape index (κ2) is 6.86. The first-order valence-electron chi connectivity index (χ1n) is 10.1. The number of fused-ring (bicyclic) bond motifs is 3. The van der Waals surface area contributed by atoms with Gasteiger partial charge in [-0.2, -0.15) is 0 Å². The van der Waals surface area contributed by atoms with Crippen LogP contribution in [0.1, 0.15) is 26.3 Å². The zero-order chi connectivity index (χ0) is 20.0. The maximum absolute atomic E-state index is 2.38. The van der Waals surface area contributed by atoms with Crippen molar-refractivity contribution in [2.45, 2.75) is 26.2 Å². The monoisotopic (exact) mass is 392 g/mol. The van der Waals surface area contributed by atoms with E-state index in [1.165, 1.54) is 48.0 Å². The Balaban J connectivity index is 1.65. The van der Waals surface area contributed by atoms with Gasteiger partial charge in [0.25, 0.3) is 0 Å². The Morgan fingerprint density at radius 1 is 0.586 bits per heavy atom. The van der Waals surface area contributed by atoms with Crippen LogP contribution < -0.4 is 0 Å². The van der Waals surface area contributed by atoms with Crippen molar-refractivity contribution in [1.82, 2.24) is 0 Å². The Morgan fingerprint density at radius 2 is 1.28 bits per heavy atom. The third kappa shape index (κ3) is 3.26. The Bertz CT molecular complexity index is 1300. The molecule has 0 unspecified atom stereocenters. The largest absolute Gasteiger partial charge is 0.135 e. The Morgan fingerprint density at radius 3 is 2.00 bits per heavy atom. The molecule has 5 aromatic rings. The van der Waals surface area contributed by atoms with Crippen molar-refractivity contribution in [3.8, 4) is 22.3 Å². The van der Waals surface area contributed by atoms with Crippen LogP contribution in [0.4, 0.5) is 0 Å². The highest BCUT2D eigenvalue weighted by atomic mass is 32.1.